The summed E-state index contributed by atoms with van der Waals surface area (Å²) in [6.45, 7) is 7.26. The van der Waals surface area contributed by atoms with E-state index in [1.807, 2.05) is 13.8 Å². The van der Waals surface area contributed by atoms with E-state index in [0.717, 1.165) is 44.0 Å². The molecule has 0 radical (unpaired) electrons. The zero-order valence-corrected chi connectivity index (χ0v) is 20.7. The van der Waals surface area contributed by atoms with Gasteiger partial charge >= 0.3 is 6.36 Å². The maximum absolute atomic E-state index is 13.2. The van der Waals surface area contributed by atoms with Crippen molar-refractivity contribution < 1.29 is 22.7 Å². The van der Waals surface area contributed by atoms with Crippen LogP contribution in [-0.4, -0.2) is 58.9 Å². The number of alkyl halides is 3. The summed E-state index contributed by atoms with van der Waals surface area (Å²) < 4.78 is 42.9. The number of hydrogen-bond donors (Lipinski definition) is 1. The fourth-order valence-electron chi connectivity index (χ4n) is 5.27. The van der Waals surface area contributed by atoms with Crippen LogP contribution in [0.2, 0.25) is 5.02 Å². The van der Waals surface area contributed by atoms with E-state index in [2.05, 4.69) is 24.8 Å². The van der Waals surface area contributed by atoms with Crippen molar-refractivity contribution in [2.45, 2.75) is 39.2 Å². The van der Waals surface area contributed by atoms with E-state index < -0.39 is 6.36 Å². The molecule has 11 heteroatoms. The Hall–Kier alpha value is -2.98. The second kappa shape index (κ2) is 9.15. The monoisotopic (exact) mass is 521 g/mol. The van der Waals surface area contributed by atoms with Crippen LogP contribution in [0.15, 0.2) is 42.6 Å². The number of fused-ring (bicyclic) bond motifs is 1. The van der Waals surface area contributed by atoms with Gasteiger partial charge in [-0.3, -0.25) is 14.1 Å². The van der Waals surface area contributed by atoms with Gasteiger partial charge < -0.3 is 15.0 Å². The van der Waals surface area contributed by atoms with E-state index in [0.29, 0.717) is 22.8 Å². The molecular weight excluding hydrogens is 495 g/mol. The normalized spacial score (nSPS) is 18.4. The molecule has 1 N–H and O–H groups in total. The Bertz CT molecular complexity index is 1270. The van der Waals surface area contributed by atoms with Gasteiger partial charge in [0.05, 0.1) is 16.9 Å². The molecule has 0 bridgehead atoms. The molecule has 192 valence electrons. The highest BCUT2D eigenvalue weighted by Crippen LogP contribution is 2.42. The van der Waals surface area contributed by atoms with Gasteiger partial charge in [-0.2, -0.15) is 0 Å². The number of amides is 1. The molecule has 2 aliphatic heterocycles. The largest absolute Gasteiger partial charge is 0.573 e. The molecule has 0 aliphatic carbocycles. The molecule has 7 nitrogen and oxygen atoms in total. The van der Waals surface area contributed by atoms with Gasteiger partial charge in [-0.1, -0.05) is 18.5 Å². The Morgan fingerprint density at radius 3 is 2.58 bits per heavy atom. The minimum absolute atomic E-state index is 0.103. The third kappa shape index (κ3) is 4.84. The first kappa shape index (κ1) is 24.7. The van der Waals surface area contributed by atoms with Gasteiger partial charge in [-0.25, -0.2) is 4.98 Å². The predicted molar refractivity (Wildman–Crippen MR) is 130 cm³/mol. The maximum atomic E-state index is 13.2. The van der Waals surface area contributed by atoms with Gasteiger partial charge in [0.2, 0.25) is 0 Å². The van der Waals surface area contributed by atoms with E-state index in [1.165, 1.54) is 12.1 Å². The van der Waals surface area contributed by atoms with Crippen LogP contribution >= 0.6 is 11.6 Å². The van der Waals surface area contributed by atoms with E-state index in [4.69, 9.17) is 11.6 Å². The summed E-state index contributed by atoms with van der Waals surface area (Å²) in [7, 11) is 0. The van der Waals surface area contributed by atoms with Gasteiger partial charge in [0.1, 0.15) is 17.1 Å². The highest BCUT2D eigenvalue weighted by atomic mass is 35.5. The first-order valence-electron chi connectivity index (χ1n) is 11.9. The molecule has 5 rings (SSSR count). The summed E-state index contributed by atoms with van der Waals surface area (Å²) >= 11 is 6.16. The van der Waals surface area contributed by atoms with Crippen molar-refractivity contribution in [3.05, 3.63) is 59.0 Å². The standard InChI is InChI=1S/C25H27ClF3N5O2/c1-3-20-22(34-12-17(26)4-9-21(34)31-20)23(35)30-16(2)32-11-10-24(13-32)14-33(15-24)18-5-7-19(8-6-18)36-25(27,28)29/h4-9,12,16H,3,10-11,13-15H2,1-2H3,(H,30,35). The number of benzene rings is 1. The first-order chi connectivity index (χ1) is 17.1. The molecule has 2 aromatic heterocycles. The highest BCUT2D eigenvalue weighted by molar-refractivity contribution is 6.30. The van der Waals surface area contributed by atoms with Crippen LogP contribution in [0, 0.1) is 5.41 Å². The van der Waals surface area contributed by atoms with Crippen LogP contribution in [0.1, 0.15) is 36.5 Å². The van der Waals surface area contributed by atoms with Gasteiger partial charge in [0.15, 0.2) is 0 Å². The number of carbonyl (C=O) groups excluding carboxylic acids is 1. The Labute approximate surface area is 211 Å². The maximum Gasteiger partial charge on any atom is 0.573 e. The number of ether oxygens (including phenoxy) is 1. The fraction of sp³-hybridized carbons (Fsp3) is 0.440. The number of aryl methyl sites for hydroxylation is 1. The van der Waals surface area contributed by atoms with E-state index in [1.54, 1.807) is 34.9 Å². The lowest BCUT2D eigenvalue weighted by Gasteiger charge is -2.49. The van der Waals surface area contributed by atoms with Crippen LogP contribution < -0.4 is 15.0 Å². The minimum atomic E-state index is -4.70. The molecule has 36 heavy (non-hydrogen) atoms. The average Bonchev–Trinajstić information content (AvgIpc) is 3.39. The number of rotatable bonds is 6. The lowest BCUT2D eigenvalue weighted by Crippen LogP contribution is -2.58. The number of halogens is 4. The fourth-order valence-corrected chi connectivity index (χ4v) is 5.43. The number of hydrogen-bond acceptors (Lipinski definition) is 5. The van der Waals surface area contributed by atoms with E-state index in [-0.39, 0.29) is 23.2 Å². The molecule has 0 saturated carbocycles. The summed E-state index contributed by atoms with van der Waals surface area (Å²) in [5.74, 6) is -0.413. The van der Waals surface area contributed by atoms with Crippen molar-refractivity contribution in [1.82, 2.24) is 19.6 Å². The van der Waals surface area contributed by atoms with Crippen LogP contribution in [0.5, 0.6) is 5.75 Å². The number of pyridine rings is 1. The van der Waals surface area contributed by atoms with Crippen molar-refractivity contribution in [2.75, 3.05) is 31.1 Å². The Kier molecular flexibility index (Phi) is 6.28. The van der Waals surface area contributed by atoms with Crippen molar-refractivity contribution in [1.29, 1.82) is 0 Å². The summed E-state index contributed by atoms with van der Waals surface area (Å²) in [4.78, 5) is 22.2. The third-order valence-corrected chi connectivity index (χ3v) is 7.27. The Morgan fingerprint density at radius 2 is 1.92 bits per heavy atom. The molecule has 1 unspecified atom stereocenters. The summed E-state index contributed by atoms with van der Waals surface area (Å²) in [6.07, 6.45) is -1.54. The number of likely N-dealkylation sites (tertiary alicyclic amines) is 1. The van der Waals surface area contributed by atoms with Gasteiger partial charge in [0, 0.05) is 43.5 Å². The molecule has 1 atom stereocenters. The second-order valence-electron chi connectivity index (χ2n) is 9.60. The molecule has 1 spiro atoms. The van der Waals surface area contributed by atoms with Gasteiger partial charge in [0.25, 0.3) is 5.91 Å². The Balaban J connectivity index is 1.19. The molecule has 3 aromatic rings. The lowest BCUT2D eigenvalue weighted by molar-refractivity contribution is -0.274. The molecule has 1 amide bonds. The van der Waals surface area contributed by atoms with Crippen molar-refractivity contribution >= 4 is 28.8 Å². The number of anilines is 1. The van der Waals surface area contributed by atoms with Crippen LogP contribution in [0.4, 0.5) is 18.9 Å². The topological polar surface area (TPSA) is 62.1 Å². The lowest BCUT2D eigenvalue weighted by atomic mass is 9.78. The third-order valence-electron chi connectivity index (χ3n) is 7.05. The second-order valence-corrected chi connectivity index (χ2v) is 10.0. The number of nitrogens with one attached hydrogen (secondary N) is 1. The zero-order chi connectivity index (χ0) is 25.7. The molecule has 2 saturated heterocycles. The smallest absolute Gasteiger partial charge is 0.406 e. The molecule has 2 fully saturated rings. The highest BCUT2D eigenvalue weighted by Gasteiger charge is 2.48. The summed E-state index contributed by atoms with van der Waals surface area (Å²) in [5, 5.41) is 3.66. The summed E-state index contributed by atoms with van der Waals surface area (Å²) in [5.41, 5.74) is 2.88. The molecule has 4 heterocycles. The predicted octanol–water partition coefficient (Wildman–Crippen LogP) is 4.74. The molecule has 1 aromatic carbocycles. The van der Waals surface area contributed by atoms with Crippen LogP contribution in [-0.2, 0) is 6.42 Å². The number of aromatic nitrogens is 2. The Morgan fingerprint density at radius 1 is 1.19 bits per heavy atom. The van der Waals surface area contributed by atoms with Crippen LogP contribution in [0.3, 0.4) is 0 Å². The van der Waals surface area contributed by atoms with Crippen molar-refractivity contribution in [3.8, 4) is 5.75 Å². The number of nitrogens with zero attached hydrogens (tertiary/aromatic N) is 4. The molecule has 2 aliphatic rings. The quantitative estimate of drug-likeness (QED) is 0.508. The van der Waals surface area contributed by atoms with E-state index in [9.17, 15) is 18.0 Å². The number of carbonyl (C=O) groups is 1. The molecular formula is C25H27ClF3N5O2. The van der Waals surface area contributed by atoms with Gasteiger partial charge in [-0.15, -0.1) is 13.2 Å². The van der Waals surface area contributed by atoms with Crippen molar-refractivity contribution in [3.63, 3.8) is 0 Å². The SMILES string of the molecule is CCc1nc2ccc(Cl)cn2c1C(=O)NC(C)N1CCC2(CN(c3ccc(OC(F)(F)F)cc3)C2)C1. The van der Waals surface area contributed by atoms with Crippen molar-refractivity contribution in [2.24, 2.45) is 5.41 Å². The first-order valence-corrected chi connectivity index (χ1v) is 12.3. The zero-order valence-electron chi connectivity index (χ0n) is 20.0. The van der Waals surface area contributed by atoms with Crippen LogP contribution in [0.25, 0.3) is 5.65 Å². The van der Waals surface area contributed by atoms with E-state index >= 15 is 0 Å². The summed E-state index contributed by atoms with van der Waals surface area (Å²) in [6, 6.07) is 9.53. The average molecular weight is 522 g/mol. The number of imidazole rings is 1. The van der Waals surface area contributed by atoms with Gasteiger partial charge in [-0.05, 0) is 56.2 Å². The minimum Gasteiger partial charge on any atom is -0.406 e.